The fourth-order valence-corrected chi connectivity index (χ4v) is 3.83. The van der Waals surface area contributed by atoms with E-state index in [-0.39, 0.29) is 6.04 Å². The molecule has 0 amide bonds. The van der Waals surface area contributed by atoms with Gasteiger partial charge in [-0.25, -0.2) is 18.5 Å². The number of aromatic amines is 1. The van der Waals surface area contributed by atoms with Crippen LogP contribution in [0.25, 0.3) is 22.4 Å². The smallest absolute Gasteiger partial charge is 0.192 e. The molecule has 0 spiro atoms. The average molecular weight is 366 g/mol. The molecule has 1 atom stereocenters. The quantitative estimate of drug-likeness (QED) is 0.565. The van der Waals surface area contributed by atoms with Gasteiger partial charge in [0.2, 0.25) is 0 Å². The van der Waals surface area contributed by atoms with E-state index in [1.165, 1.54) is 10.6 Å². The first kappa shape index (κ1) is 16.5. The predicted octanol–water partition coefficient (Wildman–Crippen LogP) is 2.20. The van der Waals surface area contributed by atoms with Gasteiger partial charge >= 0.3 is 0 Å². The van der Waals surface area contributed by atoms with Gasteiger partial charge in [0.15, 0.2) is 6.19 Å². The summed E-state index contributed by atoms with van der Waals surface area (Å²) >= 11 is 0. The largest absolute Gasteiger partial charge is 0.352 e. The normalized spacial score (nSPS) is 15.5. The molecular formula is C18H18N6OS. The molecule has 4 rings (SSSR count). The molecule has 0 saturated carbocycles. The van der Waals surface area contributed by atoms with Gasteiger partial charge in [-0.05, 0) is 30.7 Å². The van der Waals surface area contributed by atoms with Crippen LogP contribution in [0.1, 0.15) is 5.56 Å². The Hall–Kier alpha value is -2.92. The number of fused-ring (bicyclic) bond motifs is 1. The van der Waals surface area contributed by atoms with E-state index in [2.05, 4.69) is 19.9 Å². The fourth-order valence-electron chi connectivity index (χ4n) is 3.16. The Morgan fingerprint density at radius 3 is 2.85 bits per heavy atom. The Bertz CT molecular complexity index is 1000. The van der Waals surface area contributed by atoms with Crippen molar-refractivity contribution in [2.24, 2.45) is 0 Å². The molecule has 1 saturated heterocycles. The predicted molar refractivity (Wildman–Crippen MR) is 102 cm³/mol. The van der Waals surface area contributed by atoms with E-state index in [1.54, 1.807) is 0 Å². The molecule has 0 aliphatic carbocycles. The van der Waals surface area contributed by atoms with Crippen LogP contribution in [0.5, 0.6) is 0 Å². The van der Waals surface area contributed by atoms with Crippen LogP contribution in [0.3, 0.4) is 0 Å². The third-order valence-corrected chi connectivity index (χ3v) is 5.56. The van der Waals surface area contributed by atoms with Gasteiger partial charge in [-0.2, -0.15) is 5.26 Å². The molecule has 1 aliphatic rings. The Balaban J connectivity index is 1.60. The summed E-state index contributed by atoms with van der Waals surface area (Å²) in [6.45, 7) is 3.27. The van der Waals surface area contributed by atoms with Crippen molar-refractivity contribution in [3.63, 3.8) is 0 Å². The number of rotatable bonds is 4. The number of hydrogen-bond acceptors (Lipinski definition) is 5. The highest BCUT2D eigenvalue weighted by molar-refractivity contribution is 7.82. The number of benzene rings is 1. The van der Waals surface area contributed by atoms with Gasteiger partial charge in [0.05, 0.1) is 17.1 Å². The maximum absolute atomic E-state index is 11.6. The zero-order valence-electron chi connectivity index (χ0n) is 14.5. The molecule has 1 unspecified atom stereocenters. The van der Waals surface area contributed by atoms with E-state index >= 15 is 0 Å². The monoisotopic (exact) mass is 366 g/mol. The number of anilines is 1. The summed E-state index contributed by atoms with van der Waals surface area (Å²) in [5.74, 6) is 1.65. The van der Waals surface area contributed by atoms with Gasteiger partial charge in [0.25, 0.3) is 0 Å². The standard InChI is InChI=1S/C18H18N6OS/c1-12-8-20-17(23-9-13(10-23)24(11-19)26(2)25)7-14(12)18-21-15-5-3-4-6-16(15)22-18/h3-8,13H,9-10H2,1-2H3,(H,21,22). The minimum Gasteiger partial charge on any atom is -0.352 e. The van der Waals surface area contributed by atoms with Gasteiger partial charge in [0.1, 0.15) is 22.6 Å². The third-order valence-electron chi connectivity index (χ3n) is 4.63. The third kappa shape index (κ3) is 2.80. The van der Waals surface area contributed by atoms with Crippen molar-refractivity contribution in [1.29, 1.82) is 5.26 Å². The van der Waals surface area contributed by atoms with Crippen LogP contribution in [0.15, 0.2) is 36.5 Å². The summed E-state index contributed by atoms with van der Waals surface area (Å²) in [7, 11) is -1.29. The van der Waals surface area contributed by atoms with Crippen molar-refractivity contribution in [1.82, 2.24) is 19.3 Å². The van der Waals surface area contributed by atoms with Crippen LogP contribution in [0, 0.1) is 18.4 Å². The van der Waals surface area contributed by atoms with Crippen LogP contribution in [0.4, 0.5) is 5.82 Å². The van der Waals surface area contributed by atoms with Crippen molar-refractivity contribution in [2.75, 3.05) is 24.2 Å². The number of aromatic nitrogens is 3. The summed E-state index contributed by atoms with van der Waals surface area (Å²) in [5.41, 5.74) is 3.97. The van der Waals surface area contributed by atoms with Crippen LogP contribution in [-0.4, -0.2) is 48.9 Å². The minimum atomic E-state index is -1.29. The molecule has 26 heavy (non-hydrogen) atoms. The van der Waals surface area contributed by atoms with Crippen LogP contribution < -0.4 is 4.90 Å². The molecule has 3 aromatic rings. The van der Waals surface area contributed by atoms with E-state index in [1.807, 2.05) is 49.6 Å². The lowest BCUT2D eigenvalue weighted by molar-refractivity contribution is 0.357. The number of aryl methyl sites for hydroxylation is 1. The van der Waals surface area contributed by atoms with Crippen LogP contribution >= 0.6 is 0 Å². The van der Waals surface area contributed by atoms with E-state index < -0.39 is 11.0 Å². The molecule has 1 N–H and O–H groups in total. The molecule has 1 aliphatic heterocycles. The van der Waals surface area contributed by atoms with Crippen molar-refractivity contribution in [3.8, 4) is 17.6 Å². The van der Waals surface area contributed by atoms with Crippen LogP contribution in [-0.2, 0) is 11.0 Å². The number of para-hydroxylation sites is 2. The van der Waals surface area contributed by atoms with Crippen molar-refractivity contribution >= 4 is 27.8 Å². The number of nitrogens with one attached hydrogen (secondary N) is 1. The summed E-state index contributed by atoms with van der Waals surface area (Å²) in [4.78, 5) is 14.6. The number of hydrogen-bond donors (Lipinski definition) is 1. The van der Waals surface area contributed by atoms with Gasteiger partial charge in [-0.1, -0.05) is 12.1 Å². The zero-order chi connectivity index (χ0) is 18.3. The summed E-state index contributed by atoms with van der Waals surface area (Å²) < 4.78 is 12.9. The SMILES string of the molecule is Cc1cnc(N2CC(N(C#N)S(C)=O)C2)cc1-c1nc2ccccc2[nH]1. The first-order chi connectivity index (χ1) is 12.6. The van der Waals surface area contributed by atoms with E-state index in [0.29, 0.717) is 13.1 Å². The van der Waals surface area contributed by atoms with E-state index in [9.17, 15) is 4.21 Å². The number of imidazole rings is 1. The number of pyridine rings is 1. The number of nitrogens with zero attached hydrogens (tertiary/aromatic N) is 5. The molecule has 1 aromatic carbocycles. The molecule has 2 aromatic heterocycles. The molecule has 0 radical (unpaired) electrons. The maximum atomic E-state index is 11.6. The highest BCUT2D eigenvalue weighted by atomic mass is 32.2. The fraction of sp³-hybridized carbons (Fsp3) is 0.278. The maximum Gasteiger partial charge on any atom is 0.192 e. The molecule has 0 bridgehead atoms. The summed E-state index contributed by atoms with van der Waals surface area (Å²) in [5, 5.41) is 9.12. The van der Waals surface area contributed by atoms with Crippen molar-refractivity contribution < 1.29 is 4.21 Å². The highest BCUT2D eigenvalue weighted by Gasteiger charge is 2.34. The van der Waals surface area contributed by atoms with Gasteiger partial charge in [-0.3, -0.25) is 0 Å². The van der Waals surface area contributed by atoms with Crippen LogP contribution in [0.2, 0.25) is 0 Å². The topological polar surface area (TPSA) is 88.9 Å². The molecule has 7 nitrogen and oxygen atoms in total. The first-order valence-corrected chi connectivity index (χ1v) is 9.77. The first-order valence-electron chi connectivity index (χ1n) is 8.26. The van der Waals surface area contributed by atoms with Crippen molar-refractivity contribution in [2.45, 2.75) is 13.0 Å². The number of H-pyrrole nitrogens is 1. The number of nitriles is 1. The second-order valence-electron chi connectivity index (χ2n) is 6.37. The highest BCUT2D eigenvalue weighted by Crippen LogP contribution is 2.29. The Morgan fingerprint density at radius 2 is 2.15 bits per heavy atom. The second kappa shape index (κ2) is 6.42. The Morgan fingerprint density at radius 1 is 1.38 bits per heavy atom. The lowest BCUT2D eigenvalue weighted by atomic mass is 10.1. The average Bonchev–Trinajstić information content (AvgIpc) is 3.02. The summed E-state index contributed by atoms with van der Waals surface area (Å²) in [6.07, 6.45) is 5.37. The van der Waals surface area contributed by atoms with Gasteiger partial charge in [0, 0.05) is 31.1 Å². The van der Waals surface area contributed by atoms with Gasteiger partial charge < -0.3 is 9.88 Å². The molecule has 132 valence electrons. The van der Waals surface area contributed by atoms with Gasteiger partial charge in [-0.15, -0.1) is 0 Å². The lowest BCUT2D eigenvalue weighted by Crippen LogP contribution is -2.58. The molecular weight excluding hydrogens is 348 g/mol. The molecule has 8 heteroatoms. The summed E-state index contributed by atoms with van der Waals surface area (Å²) in [6, 6.07) is 9.91. The lowest BCUT2D eigenvalue weighted by Gasteiger charge is -2.42. The van der Waals surface area contributed by atoms with E-state index in [0.717, 1.165) is 33.8 Å². The molecule has 1 fully saturated rings. The van der Waals surface area contributed by atoms with Crippen molar-refractivity contribution in [3.05, 3.63) is 42.1 Å². The minimum absolute atomic E-state index is 0.0383. The van der Waals surface area contributed by atoms with E-state index in [4.69, 9.17) is 5.26 Å². The second-order valence-corrected chi connectivity index (χ2v) is 7.61. The Labute approximate surface area is 153 Å². The Kier molecular flexibility index (Phi) is 4.09. The zero-order valence-corrected chi connectivity index (χ0v) is 15.3. The molecule has 3 heterocycles.